The largest absolute Gasteiger partial charge is 0.361 e. The smallest absolute Gasteiger partial charge is 0.294 e. The number of hydrogen-bond donors (Lipinski definition) is 1. The lowest BCUT2D eigenvalue weighted by atomic mass is 10.2. The van der Waals surface area contributed by atoms with Crippen LogP contribution in [-0.4, -0.2) is 46.0 Å². The lowest BCUT2D eigenvalue weighted by Gasteiger charge is -2.27. The first kappa shape index (κ1) is 18.6. The Morgan fingerprint density at radius 3 is 2.56 bits per heavy atom. The van der Waals surface area contributed by atoms with Crippen LogP contribution in [0.4, 0.5) is 5.69 Å². The summed E-state index contributed by atoms with van der Waals surface area (Å²) in [6, 6.07) is 10.7. The van der Waals surface area contributed by atoms with Crippen molar-refractivity contribution in [1.82, 2.24) is 15.2 Å². The topological polar surface area (TPSA) is 95.8 Å². The minimum atomic E-state index is -0.348. The fraction of sp³-hybridized carbons (Fsp3) is 0.368. The zero-order valence-electron chi connectivity index (χ0n) is 15.2. The Kier molecular flexibility index (Phi) is 5.85. The number of carbonyl (C=O) groups is 3. The van der Waals surface area contributed by atoms with E-state index >= 15 is 0 Å². The Labute approximate surface area is 157 Å². The predicted molar refractivity (Wildman–Crippen MR) is 97.5 cm³/mol. The van der Waals surface area contributed by atoms with Crippen molar-refractivity contribution >= 4 is 23.4 Å². The Morgan fingerprint density at radius 1 is 1.11 bits per heavy atom. The number of carbonyl (C=O) groups excluding carboxylic acids is 3. The molecule has 0 atom stereocenters. The molecule has 0 unspecified atom stereocenters. The molecule has 0 bridgehead atoms. The van der Waals surface area contributed by atoms with E-state index in [4.69, 9.17) is 4.52 Å². The first-order chi connectivity index (χ1) is 13.0. The number of anilines is 1. The van der Waals surface area contributed by atoms with Crippen LogP contribution in [0.5, 0.6) is 0 Å². The third-order valence-corrected chi connectivity index (χ3v) is 4.25. The lowest BCUT2D eigenvalue weighted by Crippen LogP contribution is -2.44. The number of hydrazine groups is 1. The minimum Gasteiger partial charge on any atom is -0.361 e. The number of rotatable bonds is 6. The maximum Gasteiger partial charge on any atom is 0.294 e. The number of amides is 3. The third kappa shape index (κ3) is 4.72. The Hall–Kier alpha value is -3.16. The monoisotopic (exact) mass is 370 g/mol. The molecule has 1 aromatic carbocycles. The quantitative estimate of drug-likeness (QED) is 0.842. The molecule has 8 nitrogen and oxygen atoms in total. The van der Waals surface area contributed by atoms with Gasteiger partial charge >= 0.3 is 0 Å². The Bertz CT molecular complexity index is 818. The molecule has 2 heterocycles. The van der Waals surface area contributed by atoms with Crippen molar-refractivity contribution in [1.29, 1.82) is 0 Å². The molecule has 1 saturated heterocycles. The molecule has 1 aromatic heterocycles. The normalized spacial score (nSPS) is 13.7. The van der Waals surface area contributed by atoms with Gasteiger partial charge in [-0.1, -0.05) is 23.4 Å². The maximum absolute atomic E-state index is 12.5. The zero-order chi connectivity index (χ0) is 19.2. The van der Waals surface area contributed by atoms with E-state index in [9.17, 15) is 14.4 Å². The van der Waals surface area contributed by atoms with Crippen molar-refractivity contribution in [3.63, 3.8) is 0 Å². The summed E-state index contributed by atoms with van der Waals surface area (Å²) in [4.78, 5) is 37.0. The number of nitrogens with zero attached hydrogens (tertiary/aromatic N) is 3. The van der Waals surface area contributed by atoms with Crippen LogP contribution in [0.3, 0.4) is 0 Å². The molecule has 27 heavy (non-hydrogen) atoms. The summed E-state index contributed by atoms with van der Waals surface area (Å²) in [5.74, 6) is -0.116. The summed E-state index contributed by atoms with van der Waals surface area (Å²) < 4.78 is 4.94. The summed E-state index contributed by atoms with van der Waals surface area (Å²) in [5.41, 5.74) is 0.919. The first-order valence-electron chi connectivity index (χ1n) is 8.95. The highest BCUT2D eigenvalue weighted by molar-refractivity contribution is 5.94. The molecular weight excluding hydrogens is 348 g/mol. The Balaban J connectivity index is 1.48. The zero-order valence-corrected chi connectivity index (χ0v) is 15.2. The average Bonchev–Trinajstić information content (AvgIpc) is 3.31. The highest BCUT2D eigenvalue weighted by Crippen LogP contribution is 2.17. The van der Waals surface area contributed by atoms with E-state index < -0.39 is 0 Å². The van der Waals surface area contributed by atoms with Gasteiger partial charge in [-0.3, -0.25) is 19.4 Å². The second kappa shape index (κ2) is 8.48. The highest BCUT2D eigenvalue weighted by Gasteiger charge is 2.32. The second-order valence-corrected chi connectivity index (χ2v) is 6.39. The SMILES string of the molecule is Cc1cc(C(=O)N2CCCN2C(=O)CCCC(=O)Nc2ccccc2)no1. The van der Waals surface area contributed by atoms with Crippen molar-refractivity contribution in [2.75, 3.05) is 18.4 Å². The second-order valence-electron chi connectivity index (χ2n) is 6.39. The maximum atomic E-state index is 12.5. The molecule has 0 aliphatic carbocycles. The van der Waals surface area contributed by atoms with Gasteiger partial charge in [0.1, 0.15) is 5.76 Å². The molecule has 2 aromatic rings. The Morgan fingerprint density at radius 2 is 1.85 bits per heavy atom. The van der Waals surface area contributed by atoms with E-state index in [0.717, 1.165) is 5.69 Å². The fourth-order valence-corrected chi connectivity index (χ4v) is 2.96. The van der Waals surface area contributed by atoms with Gasteiger partial charge in [-0.15, -0.1) is 0 Å². The third-order valence-electron chi connectivity index (χ3n) is 4.25. The van der Waals surface area contributed by atoms with E-state index in [1.165, 1.54) is 10.0 Å². The molecule has 1 aliphatic rings. The average molecular weight is 370 g/mol. The van der Waals surface area contributed by atoms with E-state index in [-0.39, 0.29) is 36.3 Å². The number of aryl methyl sites for hydroxylation is 1. The molecule has 0 spiro atoms. The molecule has 0 radical (unpaired) electrons. The van der Waals surface area contributed by atoms with Crippen LogP contribution < -0.4 is 5.32 Å². The van der Waals surface area contributed by atoms with Crippen molar-refractivity contribution in [2.45, 2.75) is 32.6 Å². The van der Waals surface area contributed by atoms with Gasteiger partial charge in [0, 0.05) is 37.7 Å². The van der Waals surface area contributed by atoms with E-state index in [1.54, 1.807) is 13.0 Å². The van der Waals surface area contributed by atoms with E-state index in [2.05, 4.69) is 10.5 Å². The minimum absolute atomic E-state index is 0.138. The van der Waals surface area contributed by atoms with Crippen LogP contribution in [0.15, 0.2) is 40.9 Å². The van der Waals surface area contributed by atoms with Gasteiger partial charge in [0.15, 0.2) is 5.69 Å². The van der Waals surface area contributed by atoms with Crippen LogP contribution in [0, 0.1) is 6.92 Å². The highest BCUT2D eigenvalue weighted by atomic mass is 16.5. The van der Waals surface area contributed by atoms with Crippen LogP contribution in [0.2, 0.25) is 0 Å². The van der Waals surface area contributed by atoms with Gasteiger partial charge in [0.05, 0.1) is 0 Å². The van der Waals surface area contributed by atoms with Gasteiger partial charge in [-0.05, 0) is 31.9 Å². The number of hydrogen-bond acceptors (Lipinski definition) is 5. The summed E-state index contributed by atoms with van der Waals surface area (Å²) in [5, 5.41) is 9.36. The van der Waals surface area contributed by atoms with E-state index in [0.29, 0.717) is 31.7 Å². The fourth-order valence-electron chi connectivity index (χ4n) is 2.96. The molecule has 1 aliphatic heterocycles. The molecule has 3 rings (SSSR count). The number of nitrogens with one attached hydrogen (secondary N) is 1. The van der Waals surface area contributed by atoms with Crippen LogP contribution in [0.1, 0.15) is 41.9 Å². The number of aromatic nitrogens is 1. The van der Waals surface area contributed by atoms with Crippen molar-refractivity contribution in [3.8, 4) is 0 Å². The summed E-state index contributed by atoms with van der Waals surface area (Å²) in [6.07, 6.45) is 1.57. The van der Waals surface area contributed by atoms with Gasteiger partial charge in [-0.2, -0.15) is 0 Å². The molecule has 0 saturated carbocycles. The van der Waals surface area contributed by atoms with Crippen LogP contribution in [0.25, 0.3) is 0 Å². The van der Waals surface area contributed by atoms with Crippen LogP contribution >= 0.6 is 0 Å². The van der Waals surface area contributed by atoms with Crippen molar-refractivity contribution < 1.29 is 18.9 Å². The predicted octanol–water partition coefficient (Wildman–Crippen LogP) is 2.38. The van der Waals surface area contributed by atoms with Crippen molar-refractivity contribution in [2.24, 2.45) is 0 Å². The summed E-state index contributed by atoms with van der Waals surface area (Å²) >= 11 is 0. The first-order valence-corrected chi connectivity index (χ1v) is 8.95. The summed E-state index contributed by atoms with van der Waals surface area (Å²) in [7, 11) is 0. The molecule has 3 amide bonds. The molecule has 142 valence electrons. The van der Waals surface area contributed by atoms with Gasteiger partial charge in [0.25, 0.3) is 5.91 Å². The number of benzene rings is 1. The number of para-hydroxylation sites is 1. The van der Waals surface area contributed by atoms with E-state index in [1.807, 2.05) is 30.3 Å². The van der Waals surface area contributed by atoms with Crippen LogP contribution in [-0.2, 0) is 9.59 Å². The molecule has 8 heteroatoms. The molecule has 1 N–H and O–H groups in total. The molecule has 1 fully saturated rings. The molecular formula is C19H22N4O4. The van der Waals surface area contributed by atoms with Gasteiger partial charge in [-0.25, -0.2) is 5.01 Å². The standard InChI is InChI=1S/C19H22N4O4/c1-14-13-16(21-27-14)19(26)23-12-6-11-22(23)18(25)10-5-9-17(24)20-15-7-3-2-4-8-15/h2-4,7-8,13H,5-6,9-12H2,1H3,(H,20,24). The van der Waals surface area contributed by atoms with Gasteiger partial charge < -0.3 is 9.84 Å². The van der Waals surface area contributed by atoms with Crippen molar-refractivity contribution in [3.05, 3.63) is 47.9 Å². The lowest BCUT2D eigenvalue weighted by molar-refractivity contribution is -0.140. The van der Waals surface area contributed by atoms with Gasteiger partial charge in [0.2, 0.25) is 11.8 Å². The summed E-state index contributed by atoms with van der Waals surface area (Å²) in [6.45, 7) is 2.65.